The molecule has 3 rings (SSSR count). The fraction of sp³-hybridized carbons (Fsp3) is 0.0500. The van der Waals surface area contributed by atoms with Crippen molar-refractivity contribution in [1.82, 2.24) is 4.98 Å². The van der Waals surface area contributed by atoms with Crippen LogP contribution in [-0.2, 0) is 6.61 Å². The highest BCUT2D eigenvalue weighted by Crippen LogP contribution is 2.38. The van der Waals surface area contributed by atoms with Crippen LogP contribution in [0.25, 0.3) is 11.1 Å². The smallest absolute Gasteiger partial charge is 0.342 e. The van der Waals surface area contributed by atoms with E-state index >= 15 is 0 Å². The van der Waals surface area contributed by atoms with Crippen molar-refractivity contribution in [2.75, 3.05) is 5.73 Å². The van der Waals surface area contributed by atoms with E-state index in [1.807, 2.05) is 4.98 Å². The van der Waals surface area contributed by atoms with E-state index in [0.717, 1.165) is 12.1 Å². The van der Waals surface area contributed by atoms with Gasteiger partial charge in [-0.25, -0.2) is 18.4 Å². The SMILES string of the molecule is Nc1[nH]c(=O)c(C(=O)O)c(-c2cc(Cl)ccc2OCc2cc(F)cc(F)c2)c1C(=O)O. The van der Waals surface area contributed by atoms with Crippen molar-refractivity contribution in [1.29, 1.82) is 0 Å². The van der Waals surface area contributed by atoms with Gasteiger partial charge < -0.3 is 25.7 Å². The summed E-state index contributed by atoms with van der Waals surface area (Å²) in [6.45, 7) is -0.354. The Hall–Kier alpha value is -3.92. The third-order valence-corrected chi connectivity index (χ3v) is 4.44. The highest BCUT2D eigenvalue weighted by Gasteiger charge is 2.28. The predicted octanol–water partition coefficient (Wildman–Crippen LogP) is 3.53. The number of aromatic amines is 1. The number of anilines is 1. The Morgan fingerprint density at radius 2 is 1.65 bits per heavy atom. The third-order valence-electron chi connectivity index (χ3n) is 4.20. The Kier molecular flexibility index (Phi) is 5.93. The minimum atomic E-state index is -1.71. The molecular weight excluding hydrogens is 438 g/mol. The molecule has 0 amide bonds. The summed E-state index contributed by atoms with van der Waals surface area (Å²) in [5, 5.41) is 19.2. The predicted molar refractivity (Wildman–Crippen MR) is 107 cm³/mol. The second-order valence-corrected chi connectivity index (χ2v) is 6.75. The fourth-order valence-corrected chi connectivity index (χ4v) is 3.17. The molecule has 0 aliphatic rings. The second kappa shape index (κ2) is 8.44. The molecule has 0 saturated carbocycles. The maximum Gasteiger partial charge on any atom is 0.342 e. The van der Waals surface area contributed by atoms with Crippen molar-refractivity contribution in [3.8, 4) is 16.9 Å². The van der Waals surface area contributed by atoms with Crippen molar-refractivity contribution < 1.29 is 33.3 Å². The van der Waals surface area contributed by atoms with E-state index in [0.29, 0.717) is 6.07 Å². The van der Waals surface area contributed by atoms with Crippen molar-refractivity contribution >= 4 is 29.4 Å². The number of ether oxygens (including phenoxy) is 1. The van der Waals surface area contributed by atoms with Gasteiger partial charge in [0.25, 0.3) is 5.56 Å². The number of nitrogens with two attached hydrogens (primary N) is 1. The van der Waals surface area contributed by atoms with Crippen LogP contribution in [0, 0.1) is 11.6 Å². The number of H-pyrrole nitrogens is 1. The van der Waals surface area contributed by atoms with Gasteiger partial charge in [0.1, 0.15) is 40.9 Å². The van der Waals surface area contributed by atoms with Crippen LogP contribution in [0.2, 0.25) is 5.02 Å². The fourth-order valence-electron chi connectivity index (χ4n) is 2.99. The normalized spacial score (nSPS) is 10.7. The van der Waals surface area contributed by atoms with E-state index < -0.39 is 51.6 Å². The van der Waals surface area contributed by atoms with Gasteiger partial charge in [0, 0.05) is 22.2 Å². The second-order valence-electron chi connectivity index (χ2n) is 6.31. The molecule has 0 radical (unpaired) electrons. The lowest BCUT2D eigenvalue weighted by Gasteiger charge is -2.16. The molecule has 8 nitrogen and oxygen atoms in total. The molecule has 0 aliphatic heterocycles. The number of carboxylic acid groups (broad SMARTS) is 2. The number of aromatic carboxylic acids is 2. The number of pyridine rings is 1. The van der Waals surface area contributed by atoms with Gasteiger partial charge >= 0.3 is 11.9 Å². The van der Waals surface area contributed by atoms with Crippen molar-refractivity contribution in [2.45, 2.75) is 6.61 Å². The number of aromatic nitrogens is 1. The van der Waals surface area contributed by atoms with Crippen molar-refractivity contribution in [3.05, 3.63) is 80.1 Å². The lowest BCUT2D eigenvalue weighted by Crippen LogP contribution is -2.24. The molecule has 3 aromatic rings. The number of nitrogen functional groups attached to an aromatic ring is 1. The monoisotopic (exact) mass is 450 g/mol. The van der Waals surface area contributed by atoms with E-state index in [2.05, 4.69) is 0 Å². The summed E-state index contributed by atoms with van der Waals surface area (Å²) in [4.78, 5) is 37.8. The zero-order chi connectivity index (χ0) is 22.9. The van der Waals surface area contributed by atoms with Crippen molar-refractivity contribution in [3.63, 3.8) is 0 Å². The molecule has 11 heteroatoms. The molecule has 0 saturated heterocycles. The molecule has 5 N–H and O–H groups in total. The molecule has 0 unspecified atom stereocenters. The Bertz CT molecular complexity index is 1260. The number of halogens is 3. The number of benzene rings is 2. The Morgan fingerprint density at radius 3 is 2.23 bits per heavy atom. The Balaban J connectivity index is 2.22. The van der Waals surface area contributed by atoms with Gasteiger partial charge in [0.15, 0.2) is 0 Å². The van der Waals surface area contributed by atoms with Gasteiger partial charge in [0.05, 0.1) is 0 Å². The molecule has 1 heterocycles. The molecule has 0 spiro atoms. The van der Waals surface area contributed by atoms with Crippen molar-refractivity contribution in [2.24, 2.45) is 0 Å². The average molecular weight is 451 g/mol. The molecular formula is C20H13ClF2N2O6. The number of hydrogen-bond donors (Lipinski definition) is 4. The van der Waals surface area contributed by atoms with E-state index in [1.54, 1.807) is 0 Å². The molecule has 0 bridgehead atoms. The molecule has 1 aromatic heterocycles. The van der Waals surface area contributed by atoms with E-state index in [9.17, 15) is 33.4 Å². The first-order chi connectivity index (χ1) is 14.6. The van der Waals surface area contributed by atoms with Crippen LogP contribution in [0.15, 0.2) is 41.2 Å². The highest BCUT2D eigenvalue weighted by atomic mass is 35.5. The maximum absolute atomic E-state index is 13.4. The summed E-state index contributed by atoms with van der Waals surface area (Å²) in [7, 11) is 0. The highest BCUT2D eigenvalue weighted by molar-refractivity contribution is 6.31. The minimum Gasteiger partial charge on any atom is -0.488 e. The first-order valence-electron chi connectivity index (χ1n) is 8.48. The minimum absolute atomic E-state index is 0.0747. The lowest BCUT2D eigenvalue weighted by atomic mass is 9.94. The summed E-state index contributed by atoms with van der Waals surface area (Å²) in [5.41, 5.74) is 2.35. The first kappa shape index (κ1) is 21.8. The number of carbonyl (C=O) groups is 2. The summed E-state index contributed by atoms with van der Waals surface area (Å²) in [6.07, 6.45) is 0. The van der Waals surface area contributed by atoms with Crippen LogP contribution in [0.1, 0.15) is 26.3 Å². The number of carboxylic acids is 2. The van der Waals surface area contributed by atoms with Crippen LogP contribution in [0.3, 0.4) is 0 Å². The van der Waals surface area contributed by atoms with Crippen LogP contribution in [0.5, 0.6) is 5.75 Å². The summed E-state index contributed by atoms with van der Waals surface area (Å²) in [6, 6.07) is 6.57. The standard InChI is InChI=1S/C20H13ClF2N2O6/c21-9-1-2-13(31-7-8-3-10(22)6-11(23)4-8)12(5-9)14-15(19(27)28)17(24)25-18(26)16(14)20(29)30/h1-6H,7H2,(H,27,28)(H,29,30)(H3,24,25,26). The van der Waals surface area contributed by atoms with Crippen LogP contribution < -0.4 is 16.0 Å². The zero-order valence-corrected chi connectivity index (χ0v) is 16.2. The lowest BCUT2D eigenvalue weighted by molar-refractivity contribution is 0.0695. The van der Waals surface area contributed by atoms with Gasteiger partial charge in [-0.1, -0.05) is 11.6 Å². The Labute approximate surface area is 177 Å². The van der Waals surface area contributed by atoms with Gasteiger partial charge in [0.2, 0.25) is 0 Å². The number of rotatable bonds is 6. The first-order valence-corrected chi connectivity index (χ1v) is 8.86. The number of hydrogen-bond acceptors (Lipinski definition) is 5. The topological polar surface area (TPSA) is 143 Å². The van der Waals surface area contributed by atoms with Crippen LogP contribution in [0.4, 0.5) is 14.6 Å². The summed E-state index contributed by atoms with van der Waals surface area (Å²) in [5.74, 6) is -5.65. The van der Waals surface area contributed by atoms with Gasteiger partial charge in [-0.15, -0.1) is 0 Å². The average Bonchev–Trinajstić information content (AvgIpc) is 2.64. The summed E-state index contributed by atoms with van der Waals surface area (Å²) < 4.78 is 32.4. The van der Waals surface area contributed by atoms with Gasteiger partial charge in [-0.3, -0.25) is 4.79 Å². The third kappa shape index (κ3) is 4.48. The van der Waals surface area contributed by atoms with Crippen LogP contribution in [-0.4, -0.2) is 27.1 Å². The molecule has 0 aliphatic carbocycles. The molecule has 2 aromatic carbocycles. The summed E-state index contributed by atoms with van der Waals surface area (Å²) >= 11 is 6.00. The molecule has 0 fully saturated rings. The van der Waals surface area contributed by atoms with E-state index in [-0.39, 0.29) is 28.5 Å². The van der Waals surface area contributed by atoms with E-state index in [4.69, 9.17) is 22.1 Å². The number of nitrogens with one attached hydrogen (secondary N) is 1. The zero-order valence-electron chi connectivity index (χ0n) is 15.4. The van der Waals surface area contributed by atoms with E-state index in [1.165, 1.54) is 18.2 Å². The van der Waals surface area contributed by atoms with Gasteiger partial charge in [-0.2, -0.15) is 0 Å². The molecule has 31 heavy (non-hydrogen) atoms. The van der Waals surface area contributed by atoms with Gasteiger partial charge in [-0.05, 0) is 35.9 Å². The maximum atomic E-state index is 13.4. The molecule has 160 valence electrons. The Morgan fingerprint density at radius 1 is 1.03 bits per heavy atom. The van der Waals surface area contributed by atoms with Crippen LogP contribution >= 0.6 is 11.6 Å². The largest absolute Gasteiger partial charge is 0.488 e. The molecule has 0 atom stereocenters. The quantitative estimate of drug-likeness (QED) is 0.450.